The molecule has 0 bridgehead atoms. The summed E-state index contributed by atoms with van der Waals surface area (Å²) in [5, 5.41) is 7.95. The smallest absolute Gasteiger partial charge is 0.191 e. The number of nitrogens with zero attached hydrogens (tertiary/aromatic N) is 2. The zero-order valence-corrected chi connectivity index (χ0v) is 16.6. The van der Waals surface area contributed by atoms with E-state index in [0.29, 0.717) is 16.7 Å². The van der Waals surface area contributed by atoms with Crippen molar-refractivity contribution in [3.05, 3.63) is 82.9 Å². The number of rotatable bonds is 6. The fraction of sp³-hybridized carbons (Fsp3) is 0.100. The molecule has 0 radical (unpaired) electrons. The van der Waals surface area contributed by atoms with Crippen LogP contribution in [0.15, 0.2) is 65.9 Å². The molecule has 0 amide bonds. The third-order valence-electron chi connectivity index (χ3n) is 3.93. The number of thiocarbonyl (C=S) groups is 1. The van der Waals surface area contributed by atoms with Gasteiger partial charge in [-0.25, -0.2) is 4.39 Å². The zero-order valence-electron chi connectivity index (χ0n) is 15.0. The first-order chi connectivity index (χ1) is 13.5. The van der Waals surface area contributed by atoms with E-state index in [4.69, 9.17) is 28.6 Å². The van der Waals surface area contributed by atoms with Gasteiger partial charge in [0, 0.05) is 23.5 Å². The molecule has 3 aromatic rings. The van der Waals surface area contributed by atoms with Crippen LogP contribution in [-0.2, 0) is 6.54 Å². The van der Waals surface area contributed by atoms with E-state index in [1.54, 1.807) is 19.4 Å². The zero-order chi connectivity index (χ0) is 19.9. The van der Waals surface area contributed by atoms with Crippen molar-refractivity contribution in [2.45, 2.75) is 6.54 Å². The predicted molar refractivity (Wildman–Crippen MR) is 115 cm³/mol. The van der Waals surface area contributed by atoms with Gasteiger partial charge in [-0.3, -0.25) is 5.43 Å². The minimum Gasteiger partial charge on any atom is -0.497 e. The summed E-state index contributed by atoms with van der Waals surface area (Å²) in [5.74, 6) is 0.412. The molecule has 2 aromatic carbocycles. The van der Waals surface area contributed by atoms with Gasteiger partial charge in [0.25, 0.3) is 0 Å². The van der Waals surface area contributed by atoms with Crippen molar-refractivity contribution in [2.24, 2.45) is 5.10 Å². The van der Waals surface area contributed by atoms with Crippen LogP contribution in [0.1, 0.15) is 11.3 Å². The van der Waals surface area contributed by atoms with Crippen molar-refractivity contribution in [2.75, 3.05) is 12.4 Å². The molecule has 5 nitrogen and oxygen atoms in total. The van der Waals surface area contributed by atoms with Gasteiger partial charge in [0.15, 0.2) is 5.11 Å². The van der Waals surface area contributed by atoms with E-state index in [1.807, 2.05) is 47.2 Å². The fourth-order valence-corrected chi connectivity index (χ4v) is 2.91. The summed E-state index contributed by atoms with van der Waals surface area (Å²) in [6, 6.07) is 15.5. The van der Waals surface area contributed by atoms with Gasteiger partial charge in [-0.05, 0) is 66.3 Å². The lowest BCUT2D eigenvalue weighted by molar-refractivity contribution is 0.415. The Kier molecular flexibility index (Phi) is 6.62. The number of nitrogens with one attached hydrogen (secondary N) is 2. The maximum Gasteiger partial charge on any atom is 0.191 e. The van der Waals surface area contributed by atoms with Gasteiger partial charge in [0.05, 0.1) is 19.0 Å². The molecule has 0 aliphatic carbocycles. The van der Waals surface area contributed by atoms with Crippen LogP contribution in [0.3, 0.4) is 0 Å². The van der Waals surface area contributed by atoms with Gasteiger partial charge in [-0.1, -0.05) is 17.7 Å². The summed E-state index contributed by atoms with van der Waals surface area (Å²) in [5.41, 5.74) is 5.27. The molecule has 8 heteroatoms. The topological polar surface area (TPSA) is 50.6 Å². The van der Waals surface area contributed by atoms with Gasteiger partial charge in [0.2, 0.25) is 0 Å². The molecule has 0 unspecified atom stereocenters. The second kappa shape index (κ2) is 9.34. The molecular formula is C20H18ClFN4OS. The Morgan fingerprint density at radius 3 is 2.75 bits per heavy atom. The Labute approximate surface area is 172 Å². The van der Waals surface area contributed by atoms with Crippen molar-refractivity contribution in [3.63, 3.8) is 0 Å². The summed E-state index contributed by atoms with van der Waals surface area (Å²) in [6.45, 7) is 0.502. The van der Waals surface area contributed by atoms with Crippen molar-refractivity contribution in [1.29, 1.82) is 0 Å². The van der Waals surface area contributed by atoms with Crippen LogP contribution in [0.25, 0.3) is 0 Å². The molecule has 0 aliphatic rings. The van der Waals surface area contributed by atoms with E-state index in [0.717, 1.165) is 22.7 Å². The summed E-state index contributed by atoms with van der Waals surface area (Å²) in [4.78, 5) is 0. The molecule has 28 heavy (non-hydrogen) atoms. The highest BCUT2D eigenvalue weighted by atomic mass is 35.5. The third-order valence-corrected chi connectivity index (χ3v) is 4.48. The Balaban J connectivity index is 1.58. The lowest BCUT2D eigenvalue weighted by atomic mass is 10.2. The van der Waals surface area contributed by atoms with Crippen LogP contribution in [0, 0.1) is 5.82 Å². The number of anilines is 1. The Bertz CT molecular complexity index is 988. The van der Waals surface area contributed by atoms with Crippen molar-refractivity contribution in [3.8, 4) is 5.75 Å². The maximum absolute atomic E-state index is 13.2. The first-order valence-electron chi connectivity index (χ1n) is 8.38. The monoisotopic (exact) mass is 416 g/mol. The van der Waals surface area contributed by atoms with E-state index >= 15 is 0 Å². The molecule has 0 aliphatic heterocycles. The second-order valence-electron chi connectivity index (χ2n) is 5.85. The van der Waals surface area contributed by atoms with Crippen LogP contribution < -0.4 is 15.5 Å². The number of ether oxygens (including phenoxy) is 1. The predicted octanol–water partition coefficient (Wildman–Crippen LogP) is 4.66. The summed E-state index contributed by atoms with van der Waals surface area (Å²) >= 11 is 11.3. The standard InChI is InChI=1S/C20H18ClFN4OS/c1-27-18-8-6-16(7-9-18)24-20(28)25-23-12-17-3-2-10-26(17)13-14-4-5-15(22)11-19(14)21/h2-12H,13H2,1H3,(H2,24,25,28). The molecule has 0 fully saturated rings. The minimum absolute atomic E-state index is 0.356. The second-order valence-corrected chi connectivity index (χ2v) is 6.66. The molecular weight excluding hydrogens is 399 g/mol. The molecule has 0 spiro atoms. The Morgan fingerprint density at radius 1 is 1.25 bits per heavy atom. The summed E-state index contributed by atoms with van der Waals surface area (Å²) < 4.78 is 20.3. The summed E-state index contributed by atoms with van der Waals surface area (Å²) in [7, 11) is 1.61. The maximum atomic E-state index is 13.2. The largest absolute Gasteiger partial charge is 0.497 e. The highest BCUT2D eigenvalue weighted by molar-refractivity contribution is 7.80. The number of hydrogen-bond donors (Lipinski definition) is 2. The van der Waals surface area contributed by atoms with Crippen molar-refractivity contribution >= 4 is 40.8 Å². The number of methoxy groups -OCH3 is 1. The lowest BCUT2D eigenvalue weighted by Crippen LogP contribution is -2.24. The molecule has 144 valence electrons. The van der Waals surface area contributed by atoms with Gasteiger partial charge < -0.3 is 14.6 Å². The normalized spacial score (nSPS) is 10.8. The lowest BCUT2D eigenvalue weighted by Gasteiger charge is -2.09. The van der Waals surface area contributed by atoms with E-state index in [1.165, 1.54) is 12.1 Å². The molecule has 3 rings (SSSR count). The molecule has 0 atom stereocenters. The minimum atomic E-state index is -0.356. The van der Waals surface area contributed by atoms with E-state index in [-0.39, 0.29) is 5.82 Å². The molecule has 0 saturated heterocycles. The number of halogens is 2. The molecule has 1 heterocycles. The van der Waals surface area contributed by atoms with Gasteiger partial charge in [-0.2, -0.15) is 5.10 Å². The number of hydrazone groups is 1. The molecule has 1 aromatic heterocycles. The first-order valence-corrected chi connectivity index (χ1v) is 9.17. The van der Waals surface area contributed by atoms with Gasteiger partial charge in [-0.15, -0.1) is 0 Å². The van der Waals surface area contributed by atoms with E-state index < -0.39 is 0 Å². The average Bonchev–Trinajstić information content (AvgIpc) is 3.11. The van der Waals surface area contributed by atoms with E-state index in [2.05, 4.69) is 15.8 Å². The van der Waals surface area contributed by atoms with E-state index in [9.17, 15) is 4.39 Å². The summed E-state index contributed by atoms with van der Waals surface area (Å²) in [6.07, 6.45) is 3.55. The van der Waals surface area contributed by atoms with Crippen molar-refractivity contribution < 1.29 is 9.13 Å². The first kappa shape index (κ1) is 19.9. The Hall–Kier alpha value is -2.90. The third kappa shape index (κ3) is 5.31. The number of hydrogen-bond acceptors (Lipinski definition) is 3. The Morgan fingerprint density at radius 2 is 2.04 bits per heavy atom. The van der Waals surface area contributed by atoms with Gasteiger partial charge in [0.1, 0.15) is 11.6 Å². The van der Waals surface area contributed by atoms with Crippen molar-refractivity contribution in [1.82, 2.24) is 9.99 Å². The molecule has 0 saturated carbocycles. The highest BCUT2D eigenvalue weighted by Gasteiger charge is 2.05. The van der Waals surface area contributed by atoms with Crippen LogP contribution in [-0.4, -0.2) is 23.0 Å². The number of aromatic nitrogens is 1. The average molecular weight is 417 g/mol. The fourth-order valence-electron chi connectivity index (χ4n) is 2.51. The van der Waals surface area contributed by atoms with Gasteiger partial charge >= 0.3 is 0 Å². The SMILES string of the molecule is COc1ccc(NC(=S)NN=Cc2cccn2Cc2ccc(F)cc2Cl)cc1. The van der Waals surface area contributed by atoms with Crippen LogP contribution in [0.2, 0.25) is 5.02 Å². The quantitative estimate of drug-likeness (QED) is 0.348. The van der Waals surface area contributed by atoms with Crippen LogP contribution in [0.4, 0.5) is 10.1 Å². The highest BCUT2D eigenvalue weighted by Crippen LogP contribution is 2.19. The number of benzene rings is 2. The molecule has 2 N–H and O–H groups in total. The van der Waals surface area contributed by atoms with Crippen LogP contribution >= 0.6 is 23.8 Å². The van der Waals surface area contributed by atoms with Crippen LogP contribution in [0.5, 0.6) is 5.75 Å².